The van der Waals surface area contributed by atoms with Crippen molar-refractivity contribution in [3.05, 3.63) is 33.2 Å². The minimum atomic E-state index is 0.0663. The number of Topliss-reactive ketones (excluding diaryl/α,β-unsaturated/α-hetero) is 1. The summed E-state index contributed by atoms with van der Waals surface area (Å²) in [6.45, 7) is 0. The number of ketones is 1. The largest absolute Gasteiger partial charge is 0.294 e. The van der Waals surface area contributed by atoms with E-state index in [1.807, 2.05) is 0 Å². The summed E-state index contributed by atoms with van der Waals surface area (Å²) in [5.74, 6) is 0.0663. The molecule has 1 aliphatic rings. The molecule has 66 valence electrons. The van der Waals surface area contributed by atoms with Crippen LogP contribution in [0.1, 0.15) is 22.3 Å². The molecule has 1 aromatic carbocycles. The van der Waals surface area contributed by atoms with Gasteiger partial charge in [-0.15, -0.1) is 4.91 Å². The first-order valence-electron chi connectivity index (χ1n) is 3.91. The second-order valence-electron chi connectivity index (χ2n) is 2.98. The number of nitroso groups, excluding NO2 is 1. The molecule has 0 saturated carbocycles. The standard InChI is InChI=1S/C9H6ClNO2/c10-7-3-5-1-2-9(12)6(5)4-8(7)11-13/h3-4H,1-2H2. The third-order valence-corrected chi connectivity index (χ3v) is 2.50. The molecule has 0 aliphatic heterocycles. The molecule has 0 N–H and O–H groups in total. The van der Waals surface area contributed by atoms with Crippen LogP contribution >= 0.6 is 11.6 Å². The van der Waals surface area contributed by atoms with Gasteiger partial charge in [0.25, 0.3) is 0 Å². The van der Waals surface area contributed by atoms with E-state index in [1.165, 1.54) is 6.07 Å². The average Bonchev–Trinajstić information content (AvgIpc) is 2.46. The number of halogens is 1. The Morgan fingerprint density at radius 1 is 1.31 bits per heavy atom. The van der Waals surface area contributed by atoms with Gasteiger partial charge in [0.2, 0.25) is 0 Å². The summed E-state index contributed by atoms with van der Waals surface area (Å²) < 4.78 is 0. The molecular formula is C9H6ClNO2. The number of rotatable bonds is 1. The summed E-state index contributed by atoms with van der Waals surface area (Å²) in [7, 11) is 0. The minimum absolute atomic E-state index is 0.0663. The molecule has 0 aromatic heterocycles. The third kappa shape index (κ3) is 1.25. The highest BCUT2D eigenvalue weighted by Crippen LogP contribution is 2.32. The van der Waals surface area contributed by atoms with Crippen LogP contribution in [0.4, 0.5) is 5.69 Å². The Balaban J connectivity index is 2.63. The van der Waals surface area contributed by atoms with E-state index >= 15 is 0 Å². The molecule has 0 saturated heterocycles. The van der Waals surface area contributed by atoms with Gasteiger partial charge < -0.3 is 0 Å². The highest BCUT2D eigenvalue weighted by Gasteiger charge is 2.21. The highest BCUT2D eigenvalue weighted by atomic mass is 35.5. The SMILES string of the molecule is O=Nc1cc2c(cc1Cl)CCC2=O. The first-order valence-corrected chi connectivity index (χ1v) is 4.29. The zero-order chi connectivity index (χ0) is 9.42. The molecule has 2 rings (SSSR count). The maximum absolute atomic E-state index is 11.3. The van der Waals surface area contributed by atoms with E-state index < -0.39 is 0 Å². The monoisotopic (exact) mass is 195 g/mol. The van der Waals surface area contributed by atoms with Gasteiger partial charge in [0.15, 0.2) is 5.78 Å². The van der Waals surface area contributed by atoms with Crippen LogP contribution in [0.15, 0.2) is 17.3 Å². The summed E-state index contributed by atoms with van der Waals surface area (Å²) in [6, 6.07) is 3.12. The van der Waals surface area contributed by atoms with E-state index in [1.54, 1.807) is 6.07 Å². The Labute approximate surface area is 79.7 Å². The Morgan fingerprint density at radius 3 is 2.77 bits per heavy atom. The van der Waals surface area contributed by atoms with Gasteiger partial charge in [-0.1, -0.05) is 11.6 Å². The molecular weight excluding hydrogens is 190 g/mol. The van der Waals surface area contributed by atoms with Crippen molar-refractivity contribution in [2.45, 2.75) is 12.8 Å². The number of hydrogen-bond acceptors (Lipinski definition) is 3. The van der Waals surface area contributed by atoms with Crippen molar-refractivity contribution in [2.75, 3.05) is 0 Å². The van der Waals surface area contributed by atoms with Crippen LogP contribution in [0.2, 0.25) is 5.02 Å². The molecule has 0 spiro atoms. The number of carbonyl (C=O) groups excluding carboxylic acids is 1. The van der Waals surface area contributed by atoms with E-state index in [2.05, 4.69) is 5.18 Å². The Morgan fingerprint density at radius 2 is 2.08 bits per heavy atom. The van der Waals surface area contributed by atoms with Crippen LogP contribution in [0, 0.1) is 4.91 Å². The smallest absolute Gasteiger partial charge is 0.163 e. The molecule has 0 fully saturated rings. The Bertz CT molecular complexity index is 401. The first kappa shape index (κ1) is 8.38. The predicted octanol–water partition coefficient (Wildman–Crippen LogP) is 2.87. The number of carbonyl (C=O) groups is 1. The summed E-state index contributed by atoms with van der Waals surface area (Å²) in [5.41, 5.74) is 1.66. The lowest BCUT2D eigenvalue weighted by atomic mass is 10.1. The maximum Gasteiger partial charge on any atom is 0.163 e. The fraction of sp³-hybridized carbons (Fsp3) is 0.222. The number of hydrogen-bond donors (Lipinski definition) is 0. The van der Waals surface area contributed by atoms with Crippen LogP contribution in [0.5, 0.6) is 0 Å². The van der Waals surface area contributed by atoms with Gasteiger partial charge >= 0.3 is 0 Å². The van der Waals surface area contributed by atoms with Crippen LogP contribution < -0.4 is 0 Å². The van der Waals surface area contributed by atoms with Gasteiger partial charge in [-0.25, -0.2) is 0 Å². The molecule has 0 amide bonds. The molecule has 1 aromatic rings. The fourth-order valence-electron chi connectivity index (χ4n) is 1.52. The molecule has 0 unspecified atom stereocenters. The van der Waals surface area contributed by atoms with Crippen molar-refractivity contribution in [3.8, 4) is 0 Å². The normalized spacial score (nSPS) is 14.4. The van der Waals surface area contributed by atoms with Crippen molar-refractivity contribution in [2.24, 2.45) is 5.18 Å². The Hall–Kier alpha value is -1.22. The highest BCUT2D eigenvalue weighted by molar-refractivity contribution is 6.33. The summed E-state index contributed by atoms with van der Waals surface area (Å²) in [4.78, 5) is 21.5. The lowest BCUT2D eigenvalue weighted by Crippen LogP contribution is -1.90. The van der Waals surface area contributed by atoms with E-state index in [0.717, 1.165) is 5.56 Å². The molecule has 3 nitrogen and oxygen atoms in total. The van der Waals surface area contributed by atoms with Gasteiger partial charge in [-0.3, -0.25) is 4.79 Å². The average molecular weight is 196 g/mol. The van der Waals surface area contributed by atoms with Gasteiger partial charge in [-0.05, 0) is 29.3 Å². The van der Waals surface area contributed by atoms with Crippen LogP contribution in [-0.2, 0) is 6.42 Å². The lowest BCUT2D eigenvalue weighted by Gasteiger charge is -1.99. The first-order chi connectivity index (χ1) is 6.22. The number of fused-ring (bicyclic) bond motifs is 1. The molecule has 0 heterocycles. The van der Waals surface area contributed by atoms with E-state index in [4.69, 9.17) is 11.6 Å². The van der Waals surface area contributed by atoms with Gasteiger partial charge in [0.05, 0.1) is 5.02 Å². The maximum atomic E-state index is 11.3. The van der Waals surface area contributed by atoms with E-state index in [-0.39, 0.29) is 11.5 Å². The van der Waals surface area contributed by atoms with Crippen molar-refractivity contribution in [1.29, 1.82) is 0 Å². The number of nitrogens with zero attached hydrogens (tertiary/aromatic N) is 1. The second-order valence-corrected chi connectivity index (χ2v) is 3.38. The number of aryl methyl sites for hydroxylation is 1. The predicted molar refractivity (Wildman–Crippen MR) is 49.6 cm³/mol. The zero-order valence-corrected chi connectivity index (χ0v) is 7.47. The van der Waals surface area contributed by atoms with Crippen molar-refractivity contribution >= 4 is 23.1 Å². The topological polar surface area (TPSA) is 46.5 Å². The van der Waals surface area contributed by atoms with Crippen molar-refractivity contribution in [3.63, 3.8) is 0 Å². The minimum Gasteiger partial charge on any atom is -0.294 e. The molecule has 0 bridgehead atoms. The van der Waals surface area contributed by atoms with Gasteiger partial charge in [-0.2, -0.15) is 0 Å². The van der Waals surface area contributed by atoms with Gasteiger partial charge in [0.1, 0.15) is 5.69 Å². The molecule has 4 heteroatoms. The van der Waals surface area contributed by atoms with Crippen LogP contribution in [0.3, 0.4) is 0 Å². The van der Waals surface area contributed by atoms with E-state index in [9.17, 15) is 9.70 Å². The van der Waals surface area contributed by atoms with Crippen LogP contribution in [-0.4, -0.2) is 5.78 Å². The number of benzene rings is 1. The molecule has 0 radical (unpaired) electrons. The zero-order valence-electron chi connectivity index (χ0n) is 6.71. The molecule has 1 aliphatic carbocycles. The summed E-state index contributed by atoms with van der Waals surface area (Å²) >= 11 is 5.75. The fourth-order valence-corrected chi connectivity index (χ4v) is 1.74. The van der Waals surface area contributed by atoms with Crippen LogP contribution in [0.25, 0.3) is 0 Å². The summed E-state index contributed by atoms with van der Waals surface area (Å²) in [6.07, 6.45) is 1.22. The van der Waals surface area contributed by atoms with Crippen molar-refractivity contribution < 1.29 is 4.79 Å². The quantitative estimate of drug-likeness (QED) is 0.647. The second kappa shape index (κ2) is 2.92. The summed E-state index contributed by atoms with van der Waals surface area (Å²) in [5, 5.41) is 3.07. The van der Waals surface area contributed by atoms with Gasteiger partial charge in [0, 0.05) is 12.0 Å². The van der Waals surface area contributed by atoms with E-state index in [0.29, 0.717) is 23.4 Å². The van der Waals surface area contributed by atoms with Crippen molar-refractivity contribution in [1.82, 2.24) is 0 Å². The lowest BCUT2D eigenvalue weighted by molar-refractivity contribution is 0.0994. The Kier molecular flexibility index (Phi) is 1.88. The molecule has 0 atom stereocenters. The molecule has 13 heavy (non-hydrogen) atoms. The third-order valence-electron chi connectivity index (χ3n) is 2.19.